The highest BCUT2D eigenvalue weighted by atomic mass is 35.5. The number of carbonyl (C=O) groups is 1. The van der Waals surface area contributed by atoms with Crippen molar-refractivity contribution in [3.8, 4) is 5.75 Å². The maximum atomic E-state index is 12.5. The number of hydrogen-bond acceptors (Lipinski definition) is 5. The molecule has 0 saturated carbocycles. The van der Waals surface area contributed by atoms with Crippen LogP contribution >= 0.6 is 35.0 Å². The van der Waals surface area contributed by atoms with Gasteiger partial charge in [-0.25, -0.2) is 0 Å². The van der Waals surface area contributed by atoms with Crippen LogP contribution in [-0.2, 0) is 4.79 Å². The number of hydrogen-bond donors (Lipinski definition) is 1. The molecule has 1 aromatic carbocycles. The van der Waals surface area contributed by atoms with Gasteiger partial charge in [0.25, 0.3) is 0 Å². The van der Waals surface area contributed by atoms with Gasteiger partial charge in [0.05, 0.1) is 17.7 Å². The number of thioether (sulfide) groups is 1. The molecule has 3 aromatic rings. The summed E-state index contributed by atoms with van der Waals surface area (Å²) in [6.45, 7) is 0.372. The van der Waals surface area contributed by atoms with Crippen LogP contribution in [0.2, 0.25) is 10.0 Å². The van der Waals surface area contributed by atoms with Gasteiger partial charge in [0.2, 0.25) is 5.91 Å². The van der Waals surface area contributed by atoms with Gasteiger partial charge in [-0.05, 0) is 49.1 Å². The Morgan fingerprint density at radius 2 is 2.10 bits per heavy atom. The average Bonchev–Trinajstić information content (AvgIpc) is 3.15. The molecule has 1 N–H and O–H groups in total. The summed E-state index contributed by atoms with van der Waals surface area (Å²) in [5.41, 5.74) is 0.762. The predicted octanol–water partition coefficient (Wildman–Crippen LogP) is 4.81. The molecule has 154 valence electrons. The molecule has 3 rings (SSSR count). The zero-order valence-electron chi connectivity index (χ0n) is 16.0. The first-order chi connectivity index (χ1) is 14.1. The van der Waals surface area contributed by atoms with E-state index in [1.54, 1.807) is 30.0 Å². The zero-order chi connectivity index (χ0) is 20.6. The van der Waals surface area contributed by atoms with Crippen LogP contribution in [0.15, 0.2) is 42.6 Å². The van der Waals surface area contributed by atoms with E-state index in [9.17, 15) is 4.79 Å². The minimum Gasteiger partial charge on any atom is -0.492 e. The van der Waals surface area contributed by atoms with Gasteiger partial charge in [0, 0.05) is 12.6 Å². The second kappa shape index (κ2) is 10.7. The first-order valence-corrected chi connectivity index (χ1v) is 11.4. The highest BCUT2D eigenvalue weighted by Gasteiger charge is 2.20. The molecular weight excluding hydrogens is 431 g/mol. The fraction of sp³-hybridized carbons (Fsp3) is 0.350. The van der Waals surface area contributed by atoms with Crippen molar-refractivity contribution >= 4 is 46.5 Å². The third-order valence-electron chi connectivity index (χ3n) is 4.32. The van der Waals surface area contributed by atoms with Crippen LogP contribution in [0.1, 0.15) is 31.1 Å². The van der Waals surface area contributed by atoms with E-state index in [-0.39, 0.29) is 11.9 Å². The number of ether oxygens (including phenoxy) is 1. The van der Waals surface area contributed by atoms with E-state index in [0.717, 1.165) is 23.6 Å². The average molecular weight is 453 g/mol. The number of pyridine rings is 1. The van der Waals surface area contributed by atoms with E-state index in [1.807, 2.05) is 35.1 Å². The molecule has 0 fully saturated rings. The summed E-state index contributed by atoms with van der Waals surface area (Å²) < 4.78 is 7.55. The van der Waals surface area contributed by atoms with Crippen LogP contribution < -0.4 is 10.1 Å². The van der Waals surface area contributed by atoms with Crippen molar-refractivity contribution < 1.29 is 9.53 Å². The van der Waals surface area contributed by atoms with E-state index in [1.165, 1.54) is 0 Å². The van der Waals surface area contributed by atoms with Gasteiger partial charge in [-0.2, -0.15) is 11.8 Å². The molecule has 0 bridgehead atoms. The SMILES string of the molecule is CSCCC(NC(=O)CCCOc1cccc(Cl)c1Cl)c1nnc2ccccn12. The van der Waals surface area contributed by atoms with Crippen LogP contribution in [0.25, 0.3) is 5.65 Å². The Morgan fingerprint density at radius 1 is 1.24 bits per heavy atom. The molecule has 1 unspecified atom stereocenters. The van der Waals surface area contributed by atoms with E-state index in [2.05, 4.69) is 15.5 Å². The third kappa shape index (κ3) is 5.78. The molecule has 1 atom stereocenters. The van der Waals surface area contributed by atoms with Crippen LogP contribution in [0.5, 0.6) is 5.75 Å². The normalized spacial score (nSPS) is 12.1. The van der Waals surface area contributed by atoms with Gasteiger partial charge in [0.1, 0.15) is 10.8 Å². The first kappa shape index (κ1) is 21.7. The van der Waals surface area contributed by atoms with E-state index in [0.29, 0.717) is 35.2 Å². The lowest BCUT2D eigenvalue weighted by atomic mass is 10.2. The van der Waals surface area contributed by atoms with Crippen molar-refractivity contribution in [2.75, 3.05) is 18.6 Å². The molecule has 0 saturated heterocycles. The number of nitrogens with one attached hydrogen (secondary N) is 1. The lowest BCUT2D eigenvalue weighted by molar-refractivity contribution is -0.122. The van der Waals surface area contributed by atoms with Crippen LogP contribution in [0.3, 0.4) is 0 Å². The Bertz CT molecular complexity index is 967. The van der Waals surface area contributed by atoms with Gasteiger partial charge in [0.15, 0.2) is 11.5 Å². The van der Waals surface area contributed by atoms with E-state index in [4.69, 9.17) is 27.9 Å². The van der Waals surface area contributed by atoms with Gasteiger partial charge < -0.3 is 10.1 Å². The highest BCUT2D eigenvalue weighted by Crippen LogP contribution is 2.31. The molecule has 0 radical (unpaired) electrons. The molecule has 2 aromatic heterocycles. The Labute approximate surface area is 183 Å². The number of rotatable bonds is 10. The largest absolute Gasteiger partial charge is 0.492 e. The smallest absolute Gasteiger partial charge is 0.220 e. The highest BCUT2D eigenvalue weighted by molar-refractivity contribution is 7.98. The van der Waals surface area contributed by atoms with Crippen molar-refractivity contribution in [3.63, 3.8) is 0 Å². The van der Waals surface area contributed by atoms with Gasteiger partial charge in [-0.15, -0.1) is 10.2 Å². The third-order valence-corrected chi connectivity index (χ3v) is 5.77. The topological polar surface area (TPSA) is 68.5 Å². The van der Waals surface area contributed by atoms with E-state index >= 15 is 0 Å². The number of amides is 1. The molecule has 0 aliphatic rings. The molecule has 0 aliphatic heterocycles. The lowest BCUT2D eigenvalue weighted by Gasteiger charge is -2.17. The number of fused-ring (bicyclic) bond motifs is 1. The summed E-state index contributed by atoms with van der Waals surface area (Å²) in [6.07, 6.45) is 5.62. The summed E-state index contributed by atoms with van der Waals surface area (Å²) in [4.78, 5) is 12.5. The maximum absolute atomic E-state index is 12.5. The molecule has 0 aliphatic carbocycles. The Hall–Kier alpha value is -1.96. The van der Waals surface area contributed by atoms with E-state index < -0.39 is 0 Å². The number of carbonyl (C=O) groups excluding carboxylic acids is 1. The predicted molar refractivity (Wildman–Crippen MR) is 118 cm³/mol. The second-order valence-electron chi connectivity index (χ2n) is 6.39. The first-order valence-electron chi connectivity index (χ1n) is 9.25. The van der Waals surface area contributed by atoms with Crippen molar-refractivity contribution in [2.24, 2.45) is 0 Å². The van der Waals surface area contributed by atoms with Crippen molar-refractivity contribution in [3.05, 3.63) is 58.5 Å². The molecule has 2 heterocycles. The van der Waals surface area contributed by atoms with Gasteiger partial charge in [-0.1, -0.05) is 35.3 Å². The number of benzene rings is 1. The van der Waals surface area contributed by atoms with Crippen molar-refractivity contribution in [1.29, 1.82) is 0 Å². The minimum atomic E-state index is -0.198. The summed E-state index contributed by atoms with van der Waals surface area (Å²) in [6, 6.07) is 10.8. The zero-order valence-corrected chi connectivity index (χ0v) is 18.3. The molecule has 29 heavy (non-hydrogen) atoms. The van der Waals surface area contributed by atoms with Crippen LogP contribution in [0.4, 0.5) is 0 Å². The second-order valence-corrected chi connectivity index (χ2v) is 8.16. The van der Waals surface area contributed by atoms with Crippen LogP contribution in [-0.4, -0.2) is 39.1 Å². The summed E-state index contributed by atoms with van der Waals surface area (Å²) in [5.74, 6) is 2.12. The molecule has 6 nitrogen and oxygen atoms in total. The van der Waals surface area contributed by atoms with Crippen molar-refractivity contribution in [1.82, 2.24) is 19.9 Å². The minimum absolute atomic E-state index is 0.0513. The molecule has 0 spiro atoms. The van der Waals surface area contributed by atoms with Gasteiger partial charge in [-0.3, -0.25) is 9.20 Å². The summed E-state index contributed by atoms with van der Waals surface area (Å²) >= 11 is 13.8. The lowest BCUT2D eigenvalue weighted by Crippen LogP contribution is -2.30. The Kier molecular flexibility index (Phi) is 8.03. The number of halogens is 2. The number of aromatic nitrogens is 3. The summed E-state index contributed by atoms with van der Waals surface area (Å²) in [5, 5.41) is 12.4. The van der Waals surface area contributed by atoms with Crippen LogP contribution in [0, 0.1) is 0 Å². The molecule has 9 heteroatoms. The molecular formula is C20H22Cl2N4O2S. The fourth-order valence-corrected chi connectivity index (χ4v) is 3.69. The Balaban J connectivity index is 1.55. The van der Waals surface area contributed by atoms with Crippen molar-refractivity contribution in [2.45, 2.75) is 25.3 Å². The standard InChI is InChI=1S/C20H22Cl2N4O2S/c1-29-13-10-15(20-25-24-17-8-2-3-11-26(17)20)23-18(27)9-5-12-28-16-7-4-6-14(21)19(16)22/h2-4,6-8,11,15H,5,9-10,12-13H2,1H3,(H,23,27). The fourth-order valence-electron chi connectivity index (χ4n) is 2.88. The monoisotopic (exact) mass is 452 g/mol. The summed E-state index contributed by atoms with van der Waals surface area (Å²) in [7, 11) is 0. The number of nitrogens with zero attached hydrogens (tertiary/aromatic N) is 3. The quantitative estimate of drug-likeness (QED) is 0.447. The molecule has 1 amide bonds. The Morgan fingerprint density at radius 3 is 2.93 bits per heavy atom. The maximum Gasteiger partial charge on any atom is 0.220 e. The van der Waals surface area contributed by atoms with Gasteiger partial charge >= 0.3 is 0 Å².